The van der Waals surface area contributed by atoms with Crippen molar-refractivity contribution >= 4 is 43.9 Å². The molecule has 2 heteroatoms. The molecule has 2 nitrogen and oxygen atoms in total. The Balaban J connectivity index is 1.44. The fraction of sp³-hybridized carbons (Fsp3) is 0.0270. The van der Waals surface area contributed by atoms with Crippen LogP contribution in [0.3, 0.4) is 0 Å². The summed E-state index contributed by atoms with van der Waals surface area (Å²) in [6.07, 6.45) is 0.781. The largest absolute Gasteiger partial charge is 0.456 e. The summed E-state index contributed by atoms with van der Waals surface area (Å²) in [6, 6.07) is 46.8. The molecule has 2 heterocycles. The van der Waals surface area contributed by atoms with E-state index in [0.29, 0.717) is 0 Å². The van der Waals surface area contributed by atoms with Gasteiger partial charge in [0.05, 0.1) is 5.39 Å². The molecule has 0 aliphatic heterocycles. The molecule has 0 N–H and O–H groups in total. The van der Waals surface area contributed by atoms with Crippen molar-refractivity contribution in [1.29, 1.82) is 0 Å². The highest BCUT2D eigenvalue weighted by Gasteiger charge is 2.21. The molecule has 0 aliphatic rings. The first kappa shape index (κ1) is 22.0. The number of rotatable bonds is 4. The van der Waals surface area contributed by atoms with E-state index in [1.165, 1.54) is 22.3 Å². The van der Waals surface area contributed by atoms with Crippen molar-refractivity contribution in [3.05, 3.63) is 145 Å². The van der Waals surface area contributed by atoms with Crippen LogP contribution in [0.5, 0.6) is 0 Å². The van der Waals surface area contributed by atoms with Crippen LogP contribution < -0.4 is 0 Å². The molecule has 0 bridgehead atoms. The Bertz CT molecular complexity index is 2120. The van der Waals surface area contributed by atoms with Gasteiger partial charge in [-0.05, 0) is 58.1 Å². The number of furan rings is 2. The highest BCUT2D eigenvalue weighted by molar-refractivity contribution is 6.23. The van der Waals surface area contributed by atoms with Crippen molar-refractivity contribution < 1.29 is 8.83 Å². The van der Waals surface area contributed by atoms with Crippen molar-refractivity contribution in [2.45, 2.75) is 6.42 Å². The first-order chi connectivity index (χ1) is 19.3. The third kappa shape index (κ3) is 3.65. The number of hydrogen-bond acceptors (Lipinski definition) is 2. The zero-order valence-corrected chi connectivity index (χ0v) is 21.2. The second kappa shape index (κ2) is 8.75. The molecular formula is C37H24O2. The molecule has 8 rings (SSSR count). The van der Waals surface area contributed by atoms with Crippen LogP contribution in [-0.2, 0) is 6.42 Å². The van der Waals surface area contributed by atoms with Gasteiger partial charge in [-0.2, -0.15) is 0 Å². The van der Waals surface area contributed by atoms with Gasteiger partial charge in [-0.1, -0.05) is 103 Å². The minimum atomic E-state index is 0.781. The van der Waals surface area contributed by atoms with E-state index < -0.39 is 0 Å². The van der Waals surface area contributed by atoms with Crippen LogP contribution in [-0.4, -0.2) is 0 Å². The molecule has 0 spiro atoms. The number of fused-ring (bicyclic) bond motifs is 7. The van der Waals surface area contributed by atoms with Crippen LogP contribution in [0, 0.1) is 0 Å². The van der Waals surface area contributed by atoms with E-state index >= 15 is 0 Å². The lowest BCUT2D eigenvalue weighted by atomic mass is 9.97. The van der Waals surface area contributed by atoms with Gasteiger partial charge in [-0.15, -0.1) is 0 Å². The minimum absolute atomic E-state index is 0.781. The Labute approximate surface area is 225 Å². The summed E-state index contributed by atoms with van der Waals surface area (Å²) in [5.74, 6) is 0. The van der Waals surface area contributed by atoms with Crippen LogP contribution in [0.1, 0.15) is 11.1 Å². The van der Waals surface area contributed by atoms with E-state index in [0.717, 1.165) is 61.4 Å². The van der Waals surface area contributed by atoms with E-state index in [-0.39, 0.29) is 0 Å². The third-order valence-electron chi connectivity index (χ3n) is 7.70. The summed E-state index contributed by atoms with van der Waals surface area (Å²) in [7, 11) is 0. The summed E-state index contributed by atoms with van der Waals surface area (Å²) < 4.78 is 13.2. The van der Waals surface area contributed by atoms with Crippen LogP contribution in [0.4, 0.5) is 0 Å². The standard InChI is InChI=1S/C37H24O2/c1-4-10-24(11-5-1)20-29-23-31-30-21-27(25-12-6-2-7-13-25)16-18-33(30)39-37(31)35-32-22-28(26-14-8-3-9-15-26)17-19-34(32)38-36(29)35/h1-19,21-23H,20H2. The first-order valence-corrected chi connectivity index (χ1v) is 13.3. The molecule has 6 aromatic carbocycles. The average Bonchev–Trinajstić information content (AvgIpc) is 3.56. The second-order valence-corrected chi connectivity index (χ2v) is 10.1. The average molecular weight is 501 g/mol. The second-order valence-electron chi connectivity index (χ2n) is 10.1. The molecule has 184 valence electrons. The van der Waals surface area contributed by atoms with Crippen molar-refractivity contribution in [1.82, 2.24) is 0 Å². The van der Waals surface area contributed by atoms with Crippen LogP contribution >= 0.6 is 0 Å². The summed E-state index contributed by atoms with van der Waals surface area (Å²) >= 11 is 0. The van der Waals surface area contributed by atoms with Crippen LogP contribution in [0.15, 0.2) is 142 Å². The highest BCUT2D eigenvalue weighted by atomic mass is 16.3. The Morgan fingerprint density at radius 3 is 1.59 bits per heavy atom. The zero-order chi connectivity index (χ0) is 25.8. The molecule has 0 aliphatic carbocycles. The molecule has 2 aromatic heterocycles. The summed E-state index contributed by atoms with van der Waals surface area (Å²) in [6.45, 7) is 0. The van der Waals surface area contributed by atoms with Crippen molar-refractivity contribution in [2.75, 3.05) is 0 Å². The predicted octanol–water partition coefficient (Wildman–Crippen LogP) is 10.4. The Morgan fingerprint density at radius 1 is 0.410 bits per heavy atom. The molecule has 0 saturated carbocycles. The van der Waals surface area contributed by atoms with Crippen molar-refractivity contribution in [3.63, 3.8) is 0 Å². The maximum atomic E-state index is 6.61. The molecule has 39 heavy (non-hydrogen) atoms. The van der Waals surface area contributed by atoms with E-state index in [9.17, 15) is 0 Å². The molecule has 8 aromatic rings. The fourth-order valence-electron chi connectivity index (χ4n) is 5.80. The van der Waals surface area contributed by atoms with Gasteiger partial charge >= 0.3 is 0 Å². The predicted molar refractivity (Wildman–Crippen MR) is 161 cm³/mol. The van der Waals surface area contributed by atoms with Crippen LogP contribution in [0.25, 0.3) is 66.1 Å². The van der Waals surface area contributed by atoms with Gasteiger partial charge in [0.25, 0.3) is 0 Å². The molecule has 0 unspecified atom stereocenters. The van der Waals surface area contributed by atoms with Gasteiger partial charge in [0.2, 0.25) is 0 Å². The van der Waals surface area contributed by atoms with Gasteiger partial charge in [-0.25, -0.2) is 0 Å². The van der Waals surface area contributed by atoms with Crippen LogP contribution in [0.2, 0.25) is 0 Å². The molecule has 0 atom stereocenters. The number of hydrogen-bond donors (Lipinski definition) is 0. The lowest BCUT2D eigenvalue weighted by Gasteiger charge is -2.05. The summed E-state index contributed by atoms with van der Waals surface area (Å²) in [5, 5.41) is 4.36. The van der Waals surface area contributed by atoms with Crippen molar-refractivity contribution in [3.8, 4) is 22.3 Å². The highest BCUT2D eigenvalue weighted by Crippen LogP contribution is 2.43. The van der Waals surface area contributed by atoms with E-state index in [2.05, 4.69) is 127 Å². The van der Waals surface area contributed by atoms with Gasteiger partial charge in [-0.3, -0.25) is 0 Å². The summed E-state index contributed by atoms with van der Waals surface area (Å²) in [5.41, 5.74) is 10.7. The molecular weight excluding hydrogens is 476 g/mol. The quantitative estimate of drug-likeness (QED) is 0.240. The zero-order valence-electron chi connectivity index (χ0n) is 21.2. The Kier molecular flexibility index (Phi) is 4.92. The van der Waals surface area contributed by atoms with Crippen molar-refractivity contribution in [2.24, 2.45) is 0 Å². The van der Waals surface area contributed by atoms with E-state index in [4.69, 9.17) is 8.83 Å². The minimum Gasteiger partial charge on any atom is -0.456 e. The third-order valence-corrected chi connectivity index (χ3v) is 7.70. The van der Waals surface area contributed by atoms with Gasteiger partial charge < -0.3 is 8.83 Å². The lowest BCUT2D eigenvalue weighted by Crippen LogP contribution is -1.89. The molecule has 0 radical (unpaired) electrons. The summed E-state index contributed by atoms with van der Waals surface area (Å²) in [4.78, 5) is 0. The smallest absolute Gasteiger partial charge is 0.147 e. The molecule has 0 fully saturated rings. The maximum Gasteiger partial charge on any atom is 0.147 e. The Hall–Kier alpha value is -5.08. The number of benzene rings is 6. The van der Waals surface area contributed by atoms with E-state index in [1.807, 2.05) is 6.07 Å². The monoisotopic (exact) mass is 500 g/mol. The topological polar surface area (TPSA) is 26.3 Å². The normalized spacial score (nSPS) is 11.7. The fourth-order valence-corrected chi connectivity index (χ4v) is 5.80. The van der Waals surface area contributed by atoms with Gasteiger partial charge in [0.1, 0.15) is 22.3 Å². The van der Waals surface area contributed by atoms with Gasteiger partial charge in [0.15, 0.2) is 0 Å². The first-order valence-electron chi connectivity index (χ1n) is 13.3. The molecule has 0 amide bonds. The maximum absolute atomic E-state index is 6.61. The SMILES string of the molecule is c1ccc(Cc2cc3c4cc(-c5ccccc5)ccc4oc3c3c2oc2ccc(-c4ccccc4)cc23)cc1. The Morgan fingerprint density at radius 2 is 0.949 bits per heavy atom. The molecule has 0 saturated heterocycles. The lowest BCUT2D eigenvalue weighted by molar-refractivity contribution is 0.659. The van der Waals surface area contributed by atoms with E-state index in [1.54, 1.807) is 0 Å². The van der Waals surface area contributed by atoms with Gasteiger partial charge in [0, 0.05) is 28.1 Å².